The lowest BCUT2D eigenvalue weighted by molar-refractivity contribution is 0.0287. The molecule has 90 valence electrons. The Morgan fingerprint density at radius 1 is 1.44 bits per heavy atom. The summed E-state index contributed by atoms with van der Waals surface area (Å²) in [6, 6.07) is 3.40. The minimum absolute atomic E-state index is 0.0436. The van der Waals surface area contributed by atoms with Gasteiger partial charge in [-0.3, -0.25) is 4.98 Å². The van der Waals surface area contributed by atoms with Gasteiger partial charge in [-0.15, -0.1) is 0 Å². The molecule has 0 saturated heterocycles. The van der Waals surface area contributed by atoms with Gasteiger partial charge in [0.05, 0.1) is 24.6 Å². The number of hydrogen-bond acceptors (Lipinski definition) is 5. The van der Waals surface area contributed by atoms with Crippen molar-refractivity contribution in [1.29, 1.82) is 0 Å². The van der Waals surface area contributed by atoms with Crippen molar-refractivity contribution in [2.24, 2.45) is 0 Å². The SMILES string of the molecule is COCC(CNCc1ccc(O)cn1)OC. The van der Waals surface area contributed by atoms with E-state index in [4.69, 9.17) is 14.6 Å². The first kappa shape index (κ1) is 12.9. The van der Waals surface area contributed by atoms with Gasteiger partial charge < -0.3 is 19.9 Å². The minimum Gasteiger partial charge on any atom is -0.506 e. The van der Waals surface area contributed by atoms with Crippen molar-refractivity contribution >= 4 is 0 Å². The van der Waals surface area contributed by atoms with E-state index in [1.165, 1.54) is 6.20 Å². The molecule has 1 rings (SSSR count). The van der Waals surface area contributed by atoms with Gasteiger partial charge in [-0.1, -0.05) is 0 Å². The monoisotopic (exact) mass is 226 g/mol. The fourth-order valence-electron chi connectivity index (χ4n) is 1.28. The number of hydrogen-bond donors (Lipinski definition) is 2. The average Bonchev–Trinajstić information content (AvgIpc) is 2.30. The first-order valence-corrected chi connectivity index (χ1v) is 5.12. The van der Waals surface area contributed by atoms with Crippen molar-refractivity contribution in [3.05, 3.63) is 24.0 Å². The zero-order chi connectivity index (χ0) is 11.8. The summed E-state index contributed by atoms with van der Waals surface area (Å²) in [4.78, 5) is 4.06. The molecule has 0 aliphatic carbocycles. The first-order chi connectivity index (χ1) is 7.76. The topological polar surface area (TPSA) is 63.6 Å². The zero-order valence-electron chi connectivity index (χ0n) is 9.64. The minimum atomic E-state index is 0.0436. The van der Waals surface area contributed by atoms with Crippen LogP contribution >= 0.6 is 0 Å². The predicted octanol–water partition coefficient (Wildman–Crippen LogP) is 0.538. The summed E-state index contributed by atoms with van der Waals surface area (Å²) in [5.41, 5.74) is 0.880. The van der Waals surface area contributed by atoms with Gasteiger partial charge in [0.15, 0.2) is 0 Å². The van der Waals surface area contributed by atoms with Crippen LogP contribution in [0.15, 0.2) is 18.3 Å². The standard InChI is InChI=1S/C11H18N2O3/c1-15-8-11(16-2)7-12-5-9-3-4-10(14)6-13-9/h3-4,6,11-12,14H,5,7-8H2,1-2H3. The third-order valence-corrected chi connectivity index (χ3v) is 2.17. The Morgan fingerprint density at radius 3 is 2.81 bits per heavy atom. The van der Waals surface area contributed by atoms with Crippen LogP contribution < -0.4 is 5.32 Å². The van der Waals surface area contributed by atoms with Crippen LogP contribution in [-0.4, -0.2) is 43.6 Å². The molecule has 0 bridgehead atoms. The Kier molecular flexibility index (Phi) is 5.77. The molecule has 0 spiro atoms. The lowest BCUT2D eigenvalue weighted by Crippen LogP contribution is -2.31. The third-order valence-electron chi connectivity index (χ3n) is 2.17. The molecule has 16 heavy (non-hydrogen) atoms. The maximum atomic E-state index is 9.06. The number of nitrogens with one attached hydrogen (secondary N) is 1. The van der Waals surface area contributed by atoms with E-state index in [1.807, 2.05) is 0 Å². The molecule has 0 saturated carbocycles. The second kappa shape index (κ2) is 7.16. The molecule has 5 nitrogen and oxygen atoms in total. The normalized spacial score (nSPS) is 12.6. The summed E-state index contributed by atoms with van der Waals surface area (Å²) in [5, 5.41) is 12.3. The molecule has 2 N–H and O–H groups in total. The largest absolute Gasteiger partial charge is 0.506 e. The molecule has 5 heteroatoms. The van der Waals surface area contributed by atoms with Crippen LogP contribution in [0.2, 0.25) is 0 Å². The highest BCUT2D eigenvalue weighted by Gasteiger charge is 2.05. The number of methoxy groups -OCH3 is 2. The van der Waals surface area contributed by atoms with E-state index >= 15 is 0 Å². The van der Waals surface area contributed by atoms with Gasteiger partial charge in [-0.2, -0.15) is 0 Å². The maximum absolute atomic E-state index is 9.06. The summed E-state index contributed by atoms with van der Waals surface area (Å²) >= 11 is 0. The van der Waals surface area contributed by atoms with Crippen LogP contribution in [-0.2, 0) is 16.0 Å². The van der Waals surface area contributed by atoms with Crippen molar-refractivity contribution in [1.82, 2.24) is 10.3 Å². The van der Waals surface area contributed by atoms with E-state index in [2.05, 4.69) is 10.3 Å². The molecule has 0 aromatic carbocycles. The van der Waals surface area contributed by atoms with Crippen LogP contribution in [0, 0.1) is 0 Å². The highest BCUT2D eigenvalue weighted by molar-refractivity contribution is 5.17. The highest BCUT2D eigenvalue weighted by Crippen LogP contribution is 2.05. The van der Waals surface area contributed by atoms with Crippen molar-refractivity contribution < 1.29 is 14.6 Å². The average molecular weight is 226 g/mol. The quantitative estimate of drug-likeness (QED) is 0.710. The Hall–Kier alpha value is -1.17. The summed E-state index contributed by atoms with van der Waals surface area (Å²) in [6.45, 7) is 1.91. The molecule has 1 heterocycles. The molecule has 0 amide bonds. The first-order valence-electron chi connectivity index (χ1n) is 5.12. The summed E-state index contributed by atoms with van der Waals surface area (Å²) in [6.07, 6.45) is 1.47. The summed E-state index contributed by atoms with van der Waals surface area (Å²) in [5.74, 6) is 0.179. The van der Waals surface area contributed by atoms with Crippen LogP contribution in [0.3, 0.4) is 0 Å². The van der Waals surface area contributed by atoms with E-state index < -0.39 is 0 Å². The van der Waals surface area contributed by atoms with Gasteiger partial charge in [-0.25, -0.2) is 0 Å². The molecule has 0 aliphatic heterocycles. The van der Waals surface area contributed by atoms with Gasteiger partial charge in [0, 0.05) is 27.3 Å². The van der Waals surface area contributed by atoms with E-state index in [-0.39, 0.29) is 11.9 Å². The van der Waals surface area contributed by atoms with Gasteiger partial charge in [-0.05, 0) is 12.1 Å². The smallest absolute Gasteiger partial charge is 0.133 e. The fourth-order valence-corrected chi connectivity index (χ4v) is 1.28. The van der Waals surface area contributed by atoms with Crippen molar-refractivity contribution in [2.75, 3.05) is 27.4 Å². The molecule has 1 aromatic rings. The van der Waals surface area contributed by atoms with Crippen LogP contribution in [0.4, 0.5) is 0 Å². The second-order valence-corrected chi connectivity index (χ2v) is 3.45. The molecular formula is C11H18N2O3. The Labute approximate surface area is 95.4 Å². The van der Waals surface area contributed by atoms with Crippen molar-refractivity contribution in [3.8, 4) is 5.75 Å². The summed E-state index contributed by atoms with van der Waals surface area (Å²) < 4.78 is 10.2. The number of pyridine rings is 1. The van der Waals surface area contributed by atoms with E-state index in [9.17, 15) is 0 Å². The van der Waals surface area contributed by atoms with Crippen LogP contribution in [0.5, 0.6) is 5.75 Å². The van der Waals surface area contributed by atoms with E-state index in [0.29, 0.717) is 19.7 Å². The second-order valence-electron chi connectivity index (χ2n) is 3.45. The summed E-state index contributed by atoms with van der Waals surface area (Å²) in [7, 11) is 3.30. The number of ether oxygens (including phenoxy) is 2. The van der Waals surface area contributed by atoms with E-state index in [0.717, 1.165) is 5.69 Å². The van der Waals surface area contributed by atoms with Crippen molar-refractivity contribution in [3.63, 3.8) is 0 Å². The molecule has 0 aliphatic rings. The van der Waals surface area contributed by atoms with Gasteiger partial charge >= 0.3 is 0 Å². The Morgan fingerprint density at radius 2 is 2.25 bits per heavy atom. The van der Waals surface area contributed by atoms with Crippen LogP contribution in [0.25, 0.3) is 0 Å². The zero-order valence-corrected chi connectivity index (χ0v) is 9.64. The highest BCUT2D eigenvalue weighted by atomic mass is 16.5. The van der Waals surface area contributed by atoms with E-state index in [1.54, 1.807) is 26.4 Å². The molecule has 1 unspecified atom stereocenters. The predicted molar refractivity (Wildman–Crippen MR) is 60.3 cm³/mol. The molecule has 0 fully saturated rings. The number of aromatic hydroxyl groups is 1. The van der Waals surface area contributed by atoms with Crippen LogP contribution in [0.1, 0.15) is 5.69 Å². The van der Waals surface area contributed by atoms with Gasteiger partial charge in [0.2, 0.25) is 0 Å². The molecule has 1 atom stereocenters. The number of rotatable bonds is 7. The third kappa shape index (κ3) is 4.57. The molecular weight excluding hydrogens is 208 g/mol. The maximum Gasteiger partial charge on any atom is 0.133 e. The lowest BCUT2D eigenvalue weighted by atomic mass is 10.3. The van der Waals surface area contributed by atoms with Gasteiger partial charge in [0.1, 0.15) is 5.75 Å². The van der Waals surface area contributed by atoms with Crippen molar-refractivity contribution in [2.45, 2.75) is 12.6 Å². The van der Waals surface area contributed by atoms with Gasteiger partial charge in [0.25, 0.3) is 0 Å². The lowest BCUT2D eigenvalue weighted by Gasteiger charge is -2.14. The fraction of sp³-hybridized carbons (Fsp3) is 0.545. The molecule has 1 aromatic heterocycles. The number of nitrogens with zero attached hydrogens (tertiary/aromatic N) is 1. The molecule has 0 radical (unpaired) electrons. The Balaban J connectivity index is 2.26. The Bertz CT molecular complexity index is 290. The number of aromatic nitrogens is 1.